The molecular weight excluding hydrogens is 156 g/mol. The summed E-state index contributed by atoms with van der Waals surface area (Å²) < 4.78 is 5.06. The van der Waals surface area contributed by atoms with Gasteiger partial charge in [0.2, 0.25) is 5.89 Å². The number of aromatic nitrogens is 2. The van der Waals surface area contributed by atoms with Gasteiger partial charge in [0.05, 0.1) is 12.5 Å². The Morgan fingerprint density at radius 2 is 2.58 bits per heavy atom. The average molecular weight is 168 g/mol. The molecule has 2 rings (SSSR count). The van der Waals surface area contributed by atoms with Crippen LogP contribution in [0.4, 0.5) is 0 Å². The van der Waals surface area contributed by atoms with Gasteiger partial charge in [-0.25, -0.2) is 0 Å². The fourth-order valence-corrected chi connectivity index (χ4v) is 1.38. The van der Waals surface area contributed by atoms with Gasteiger partial charge in [0, 0.05) is 6.54 Å². The van der Waals surface area contributed by atoms with Gasteiger partial charge in [0.25, 0.3) is 0 Å². The zero-order valence-corrected chi connectivity index (χ0v) is 6.79. The van der Waals surface area contributed by atoms with E-state index in [4.69, 9.17) is 10.3 Å². The summed E-state index contributed by atoms with van der Waals surface area (Å²) >= 11 is 0. The van der Waals surface area contributed by atoms with Gasteiger partial charge in [0.1, 0.15) is 0 Å². The Labute approximate surface area is 70.3 Å². The number of hydrogen-bond acceptors (Lipinski definition) is 5. The first-order valence-electron chi connectivity index (χ1n) is 4.13. The highest BCUT2D eigenvalue weighted by Gasteiger charge is 2.22. The van der Waals surface area contributed by atoms with Crippen LogP contribution in [0, 0.1) is 0 Å². The van der Waals surface area contributed by atoms with E-state index in [0.717, 1.165) is 25.4 Å². The third-order valence-electron chi connectivity index (χ3n) is 2.08. The molecule has 5 nitrogen and oxygen atoms in total. The second-order valence-corrected chi connectivity index (χ2v) is 2.94. The molecule has 1 aliphatic rings. The highest BCUT2D eigenvalue weighted by Crippen LogP contribution is 2.19. The van der Waals surface area contributed by atoms with Gasteiger partial charge >= 0.3 is 0 Å². The summed E-state index contributed by atoms with van der Waals surface area (Å²) in [4.78, 5) is 4.17. The monoisotopic (exact) mass is 168 g/mol. The van der Waals surface area contributed by atoms with E-state index in [0.29, 0.717) is 18.3 Å². The van der Waals surface area contributed by atoms with Gasteiger partial charge in [-0.05, 0) is 13.0 Å². The third-order valence-corrected chi connectivity index (χ3v) is 2.08. The number of nitrogens with zero attached hydrogens (tertiary/aromatic N) is 2. The molecule has 1 aliphatic heterocycles. The molecule has 66 valence electrons. The lowest BCUT2D eigenvalue weighted by atomic mass is 10.1. The summed E-state index contributed by atoms with van der Waals surface area (Å²) in [5.41, 5.74) is 5.36. The minimum Gasteiger partial charge on any atom is -0.339 e. The Bertz CT molecular complexity index is 254. The largest absolute Gasteiger partial charge is 0.339 e. The molecule has 0 aromatic carbocycles. The summed E-state index contributed by atoms with van der Waals surface area (Å²) in [5, 5.41) is 6.98. The van der Waals surface area contributed by atoms with E-state index in [1.807, 2.05) is 0 Å². The lowest BCUT2D eigenvalue weighted by Crippen LogP contribution is -2.08. The zero-order chi connectivity index (χ0) is 8.39. The van der Waals surface area contributed by atoms with Crippen molar-refractivity contribution >= 4 is 0 Å². The first kappa shape index (κ1) is 7.70. The van der Waals surface area contributed by atoms with Crippen molar-refractivity contribution in [2.75, 3.05) is 13.1 Å². The van der Waals surface area contributed by atoms with Crippen molar-refractivity contribution in [3.63, 3.8) is 0 Å². The highest BCUT2D eigenvalue weighted by molar-refractivity contribution is 4.97. The van der Waals surface area contributed by atoms with Crippen molar-refractivity contribution in [2.45, 2.75) is 18.9 Å². The second-order valence-electron chi connectivity index (χ2n) is 2.94. The molecule has 0 spiro atoms. The van der Waals surface area contributed by atoms with Crippen LogP contribution < -0.4 is 11.1 Å². The fraction of sp³-hybridized carbons (Fsp3) is 0.714. The molecule has 0 aliphatic carbocycles. The lowest BCUT2D eigenvalue weighted by molar-refractivity contribution is 0.355. The van der Waals surface area contributed by atoms with Crippen LogP contribution in [-0.2, 0) is 6.54 Å². The van der Waals surface area contributed by atoms with E-state index in [1.165, 1.54) is 0 Å². The van der Waals surface area contributed by atoms with Crippen LogP contribution in [0.5, 0.6) is 0 Å². The van der Waals surface area contributed by atoms with Crippen molar-refractivity contribution in [1.29, 1.82) is 0 Å². The fourth-order valence-electron chi connectivity index (χ4n) is 1.38. The lowest BCUT2D eigenvalue weighted by Gasteiger charge is -1.98. The Kier molecular flexibility index (Phi) is 2.05. The Morgan fingerprint density at radius 1 is 1.67 bits per heavy atom. The molecule has 2 heterocycles. The van der Waals surface area contributed by atoms with Gasteiger partial charge in [-0.1, -0.05) is 5.16 Å². The van der Waals surface area contributed by atoms with Crippen molar-refractivity contribution in [3.05, 3.63) is 11.7 Å². The summed E-state index contributed by atoms with van der Waals surface area (Å²) in [6, 6.07) is 0. The quantitative estimate of drug-likeness (QED) is 0.628. The van der Waals surface area contributed by atoms with E-state index in [2.05, 4.69) is 15.5 Å². The molecule has 0 amide bonds. The molecule has 1 aromatic heterocycles. The first-order chi connectivity index (χ1) is 5.90. The molecule has 5 heteroatoms. The summed E-state index contributed by atoms with van der Waals surface area (Å²) in [7, 11) is 0. The third kappa shape index (κ3) is 1.33. The topological polar surface area (TPSA) is 77.0 Å². The van der Waals surface area contributed by atoms with Gasteiger partial charge in [0.15, 0.2) is 5.82 Å². The van der Waals surface area contributed by atoms with Crippen LogP contribution in [-0.4, -0.2) is 23.2 Å². The van der Waals surface area contributed by atoms with Crippen LogP contribution >= 0.6 is 0 Å². The van der Waals surface area contributed by atoms with E-state index in [-0.39, 0.29) is 0 Å². The standard InChI is InChI=1S/C7H12N4O/c8-3-6-10-7(12-11-6)5-1-2-9-4-5/h5,9H,1-4,8H2/t5-/m1/s1. The summed E-state index contributed by atoms with van der Waals surface area (Å²) in [5.74, 6) is 1.70. The molecule has 0 bridgehead atoms. The summed E-state index contributed by atoms with van der Waals surface area (Å²) in [6.07, 6.45) is 1.08. The van der Waals surface area contributed by atoms with Crippen LogP contribution in [0.25, 0.3) is 0 Å². The maximum atomic E-state index is 5.36. The molecule has 1 aromatic rings. The normalized spacial score (nSPS) is 23.2. The van der Waals surface area contributed by atoms with Crippen molar-refractivity contribution < 1.29 is 4.52 Å². The second kappa shape index (κ2) is 3.20. The van der Waals surface area contributed by atoms with Crippen LogP contribution in [0.15, 0.2) is 4.52 Å². The van der Waals surface area contributed by atoms with E-state index >= 15 is 0 Å². The molecule has 3 N–H and O–H groups in total. The van der Waals surface area contributed by atoms with Crippen LogP contribution in [0.2, 0.25) is 0 Å². The van der Waals surface area contributed by atoms with Gasteiger partial charge in [-0.2, -0.15) is 4.98 Å². The maximum Gasteiger partial charge on any atom is 0.231 e. The Balaban J connectivity index is 2.11. The smallest absolute Gasteiger partial charge is 0.231 e. The Hall–Kier alpha value is -0.940. The molecule has 0 saturated carbocycles. The molecule has 1 fully saturated rings. The van der Waals surface area contributed by atoms with E-state index < -0.39 is 0 Å². The van der Waals surface area contributed by atoms with E-state index in [1.54, 1.807) is 0 Å². The molecule has 12 heavy (non-hydrogen) atoms. The number of rotatable bonds is 2. The minimum absolute atomic E-state index is 0.351. The van der Waals surface area contributed by atoms with Gasteiger partial charge in [-0.15, -0.1) is 0 Å². The maximum absolute atomic E-state index is 5.36. The number of nitrogens with two attached hydrogens (primary N) is 1. The molecule has 0 radical (unpaired) electrons. The van der Waals surface area contributed by atoms with Gasteiger partial charge < -0.3 is 15.6 Å². The van der Waals surface area contributed by atoms with E-state index in [9.17, 15) is 0 Å². The number of hydrogen-bond donors (Lipinski definition) is 2. The molecular formula is C7H12N4O. The minimum atomic E-state index is 0.351. The first-order valence-corrected chi connectivity index (χ1v) is 4.13. The SMILES string of the molecule is NCc1noc([C@@H]2CCNC2)n1. The van der Waals surface area contributed by atoms with Crippen molar-refractivity contribution in [3.8, 4) is 0 Å². The predicted octanol–water partition coefficient (Wildman–Crippen LogP) is -0.395. The van der Waals surface area contributed by atoms with Gasteiger partial charge in [-0.3, -0.25) is 0 Å². The van der Waals surface area contributed by atoms with Crippen molar-refractivity contribution in [1.82, 2.24) is 15.5 Å². The molecule has 0 unspecified atom stereocenters. The zero-order valence-electron chi connectivity index (χ0n) is 6.79. The Morgan fingerprint density at radius 3 is 3.17 bits per heavy atom. The number of nitrogens with one attached hydrogen (secondary N) is 1. The highest BCUT2D eigenvalue weighted by atomic mass is 16.5. The molecule has 1 saturated heterocycles. The summed E-state index contributed by atoms with van der Waals surface area (Å²) in [6.45, 7) is 2.32. The average Bonchev–Trinajstić information content (AvgIpc) is 2.75. The molecule has 1 atom stereocenters. The predicted molar refractivity (Wildman–Crippen MR) is 42.4 cm³/mol. The van der Waals surface area contributed by atoms with Crippen molar-refractivity contribution in [2.24, 2.45) is 5.73 Å². The van der Waals surface area contributed by atoms with Crippen LogP contribution in [0.1, 0.15) is 24.1 Å². The van der Waals surface area contributed by atoms with Crippen LogP contribution in [0.3, 0.4) is 0 Å².